The lowest BCUT2D eigenvalue weighted by Crippen LogP contribution is -2.51. The first-order chi connectivity index (χ1) is 13.9. The molecule has 6 heteroatoms. The lowest BCUT2D eigenvalue weighted by Gasteiger charge is -2.40. The van der Waals surface area contributed by atoms with Gasteiger partial charge in [-0.05, 0) is 55.2 Å². The molecule has 0 aromatic heterocycles. The van der Waals surface area contributed by atoms with Crippen LogP contribution in [0.15, 0.2) is 42.5 Å². The first kappa shape index (κ1) is 21.8. The van der Waals surface area contributed by atoms with Crippen LogP contribution in [0.4, 0.5) is 0 Å². The van der Waals surface area contributed by atoms with Gasteiger partial charge in [-0.3, -0.25) is 4.79 Å². The van der Waals surface area contributed by atoms with E-state index in [1.165, 1.54) is 6.92 Å². The van der Waals surface area contributed by atoms with Gasteiger partial charge < -0.3 is 19.7 Å². The molecule has 2 N–H and O–H groups in total. The van der Waals surface area contributed by atoms with E-state index in [2.05, 4.69) is 0 Å². The number of ether oxygens (including phenoxy) is 2. The van der Waals surface area contributed by atoms with Crippen LogP contribution in [0.3, 0.4) is 0 Å². The van der Waals surface area contributed by atoms with E-state index in [1.54, 1.807) is 6.07 Å². The molecule has 2 aromatic carbocycles. The third-order valence-corrected chi connectivity index (χ3v) is 5.76. The fraction of sp³-hybridized carbons (Fsp3) is 0.435. The highest BCUT2D eigenvalue weighted by Gasteiger charge is 2.45. The molecule has 0 spiro atoms. The zero-order valence-electron chi connectivity index (χ0n) is 16.7. The summed E-state index contributed by atoms with van der Waals surface area (Å²) in [4.78, 5) is 12.1. The molecule has 29 heavy (non-hydrogen) atoms. The van der Waals surface area contributed by atoms with E-state index < -0.39 is 24.4 Å². The van der Waals surface area contributed by atoms with Gasteiger partial charge in [-0.2, -0.15) is 0 Å². The van der Waals surface area contributed by atoms with Crippen molar-refractivity contribution < 1.29 is 24.5 Å². The summed E-state index contributed by atoms with van der Waals surface area (Å²) in [5.41, 5.74) is 1.48. The van der Waals surface area contributed by atoms with Gasteiger partial charge in [0.15, 0.2) is 11.4 Å². The van der Waals surface area contributed by atoms with E-state index in [0.717, 1.165) is 22.4 Å². The van der Waals surface area contributed by atoms with Crippen molar-refractivity contribution in [2.75, 3.05) is 13.2 Å². The maximum absolute atomic E-state index is 12.1. The van der Waals surface area contributed by atoms with Crippen molar-refractivity contribution in [2.24, 2.45) is 0 Å². The molecule has 3 atom stereocenters. The number of rotatable bonds is 7. The zero-order valence-corrected chi connectivity index (χ0v) is 17.5. The number of halogens is 1. The number of hydrogen-bond donors (Lipinski definition) is 2. The molecular weight excluding hydrogens is 392 g/mol. The molecule has 3 unspecified atom stereocenters. The quantitative estimate of drug-likeness (QED) is 0.714. The first-order valence-electron chi connectivity index (χ1n) is 9.84. The molecule has 1 heterocycles. The van der Waals surface area contributed by atoms with Crippen LogP contribution in [-0.2, 0) is 16.0 Å². The van der Waals surface area contributed by atoms with E-state index in [9.17, 15) is 15.0 Å². The molecule has 1 aliphatic rings. The summed E-state index contributed by atoms with van der Waals surface area (Å²) in [6.07, 6.45) is -0.131. The van der Waals surface area contributed by atoms with Gasteiger partial charge in [-0.25, -0.2) is 0 Å². The number of aliphatic hydroxyl groups excluding tert-OH is 2. The maximum atomic E-state index is 12.1. The summed E-state index contributed by atoms with van der Waals surface area (Å²) in [5.74, 6) is 0.539. The van der Waals surface area contributed by atoms with Crippen molar-refractivity contribution in [1.29, 1.82) is 0 Å². The zero-order chi connectivity index (χ0) is 21.0. The number of hydrogen-bond acceptors (Lipinski definition) is 5. The minimum Gasteiger partial charge on any atom is -0.494 e. The van der Waals surface area contributed by atoms with Crippen LogP contribution < -0.4 is 4.74 Å². The summed E-state index contributed by atoms with van der Waals surface area (Å²) in [6.45, 7) is 3.49. The highest BCUT2D eigenvalue weighted by molar-refractivity contribution is 6.31. The topological polar surface area (TPSA) is 76.0 Å². The molecule has 1 aliphatic heterocycles. The van der Waals surface area contributed by atoms with Crippen molar-refractivity contribution in [3.63, 3.8) is 0 Å². The second-order valence-corrected chi connectivity index (χ2v) is 7.92. The van der Waals surface area contributed by atoms with Crippen molar-refractivity contribution in [2.45, 2.75) is 50.9 Å². The van der Waals surface area contributed by atoms with E-state index in [4.69, 9.17) is 21.1 Å². The highest BCUT2D eigenvalue weighted by Crippen LogP contribution is 2.39. The molecule has 3 rings (SSSR count). The van der Waals surface area contributed by atoms with Gasteiger partial charge in [-0.1, -0.05) is 35.9 Å². The third kappa shape index (κ3) is 4.98. The van der Waals surface area contributed by atoms with E-state index in [0.29, 0.717) is 24.5 Å². The molecule has 2 aromatic rings. The molecule has 5 nitrogen and oxygen atoms in total. The van der Waals surface area contributed by atoms with E-state index in [1.807, 2.05) is 43.3 Å². The Morgan fingerprint density at radius 2 is 2.00 bits per heavy atom. The van der Waals surface area contributed by atoms with E-state index >= 15 is 0 Å². The normalized spacial score (nSPS) is 24.3. The Kier molecular flexibility index (Phi) is 6.96. The van der Waals surface area contributed by atoms with Crippen molar-refractivity contribution in [3.05, 3.63) is 64.2 Å². The van der Waals surface area contributed by atoms with Gasteiger partial charge in [0, 0.05) is 17.9 Å². The number of Topliss-reactive ketones (excluding diaryl/α,β-unsaturated/α-hetero) is 1. The van der Waals surface area contributed by atoms with Crippen molar-refractivity contribution in [1.82, 2.24) is 0 Å². The number of carbonyl (C=O) groups is 1. The van der Waals surface area contributed by atoms with Crippen LogP contribution >= 0.6 is 11.6 Å². The van der Waals surface area contributed by atoms with Gasteiger partial charge in [-0.15, -0.1) is 0 Å². The predicted octanol–water partition coefficient (Wildman–Crippen LogP) is 3.86. The lowest BCUT2D eigenvalue weighted by molar-refractivity contribution is -0.189. The Labute approximate surface area is 176 Å². The molecular formula is C23H27ClO5. The summed E-state index contributed by atoms with van der Waals surface area (Å²) >= 11 is 6.42. The highest BCUT2D eigenvalue weighted by atomic mass is 35.5. The van der Waals surface area contributed by atoms with Crippen LogP contribution in [0, 0.1) is 0 Å². The standard InChI is InChI=1S/C23H27ClO5/c1-3-28-20-7-4-16(5-8-20)10-18-11-17(6-9-21(18)24)22-12-19(27)13-23(14-25,29-22)15(2)26/h4-9,11,19,22,25,27H,3,10,12-14H2,1-2H3. The van der Waals surface area contributed by atoms with Gasteiger partial charge in [0.1, 0.15) is 5.75 Å². The first-order valence-corrected chi connectivity index (χ1v) is 10.2. The Morgan fingerprint density at radius 1 is 1.28 bits per heavy atom. The predicted molar refractivity (Wildman–Crippen MR) is 111 cm³/mol. The average Bonchev–Trinajstić information content (AvgIpc) is 2.70. The Hall–Kier alpha value is -1.92. The smallest absolute Gasteiger partial charge is 0.164 e. The fourth-order valence-electron chi connectivity index (χ4n) is 3.74. The summed E-state index contributed by atoms with van der Waals surface area (Å²) in [7, 11) is 0. The minimum absolute atomic E-state index is 0.0992. The number of carbonyl (C=O) groups excluding carboxylic acids is 1. The second-order valence-electron chi connectivity index (χ2n) is 7.51. The van der Waals surface area contributed by atoms with Gasteiger partial charge in [0.05, 0.1) is 25.4 Å². The number of aliphatic hydroxyl groups is 2. The van der Waals surface area contributed by atoms with Gasteiger partial charge >= 0.3 is 0 Å². The minimum atomic E-state index is -1.36. The second kappa shape index (κ2) is 9.26. The van der Waals surface area contributed by atoms with Crippen LogP contribution in [0.25, 0.3) is 0 Å². The summed E-state index contributed by atoms with van der Waals surface area (Å²) < 4.78 is 11.5. The van der Waals surface area contributed by atoms with E-state index in [-0.39, 0.29) is 12.2 Å². The summed E-state index contributed by atoms with van der Waals surface area (Å²) in [5, 5.41) is 20.7. The maximum Gasteiger partial charge on any atom is 0.164 e. The molecule has 156 valence electrons. The molecule has 0 amide bonds. The van der Waals surface area contributed by atoms with Crippen LogP contribution in [-0.4, -0.2) is 40.9 Å². The molecule has 1 fully saturated rings. The number of ketones is 1. The monoisotopic (exact) mass is 418 g/mol. The average molecular weight is 419 g/mol. The third-order valence-electron chi connectivity index (χ3n) is 5.39. The largest absolute Gasteiger partial charge is 0.494 e. The molecule has 0 radical (unpaired) electrons. The van der Waals surface area contributed by atoms with Crippen molar-refractivity contribution >= 4 is 17.4 Å². The Morgan fingerprint density at radius 3 is 2.62 bits per heavy atom. The Bertz CT molecular complexity index is 851. The molecule has 0 bridgehead atoms. The fourth-order valence-corrected chi connectivity index (χ4v) is 3.93. The number of benzene rings is 2. The lowest BCUT2D eigenvalue weighted by atomic mass is 9.85. The van der Waals surface area contributed by atoms with Crippen LogP contribution in [0.1, 0.15) is 49.5 Å². The van der Waals surface area contributed by atoms with Crippen LogP contribution in [0.2, 0.25) is 5.02 Å². The van der Waals surface area contributed by atoms with Gasteiger partial charge in [0.25, 0.3) is 0 Å². The van der Waals surface area contributed by atoms with Gasteiger partial charge in [0.2, 0.25) is 0 Å². The molecule has 0 aliphatic carbocycles. The Balaban J connectivity index is 1.83. The van der Waals surface area contributed by atoms with Crippen molar-refractivity contribution in [3.8, 4) is 5.75 Å². The molecule has 1 saturated heterocycles. The summed E-state index contributed by atoms with van der Waals surface area (Å²) in [6, 6.07) is 13.5. The SMILES string of the molecule is CCOc1ccc(Cc2cc(C3CC(O)CC(CO)(C(C)=O)O3)ccc2Cl)cc1. The molecule has 0 saturated carbocycles. The van der Waals surface area contributed by atoms with Crippen LogP contribution in [0.5, 0.6) is 5.75 Å².